The van der Waals surface area contributed by atoms with E-state index >= 15 is 0 Å². The van der Waals surface area contributed by atoms with Crippen LogP contribution in [0.4, 0.5) is 4.39 Å². The lowest BCUT2D eigenvalue weighted by atomic mass is 10.1. The number of amides is 1. The molecule has 0 unspecified atom stereocenters. The zero-order chi connectivity index (χ0) is 16.9. The SMILES string of the molecule is N#C/C(=C\c1ccc(-c2cccs2)cc1F)C(=O)NC1CCCC1. The zero-order valence-corrected chi connectivity index (χ0v) is 13.9. The van der Waals surface area contributed by atoms with Gasteiger partial charge in [-0.05, 0) is 42.0 Å². The Morgan fingerprint density at radius 1 is 1.33 bits per heavy atom. The first-order valence-electron chi connectivity index (χ1n) is 7.93. The highest BCUT2D eigenvalue weighted by Crippen LogP contribution is 2.27. The standard InChI is InChI=1S/C19H17FN2OS/c20-17-11-14(18-6-3-9-24-18)8-7-13(17)10-15(12-21)19(23)22-16-4-1-2-5-16/h3,6-11,16H,1-2,4-5H2,(H,22,23)/b15-10+. The van der Waals surface area contributed by atoms with Gasteiger partial charge in [0.2, 0.25) is 0 Å². The lowest BCUT2D eigenvalue weighted by Gasteiger charge is -2.11. The molecule has 0 saturated heterocycles. The van der Waals surface area contributed by atoms with Crippen LogP contribution in [0.15, 0.2) is 41.3 Å². The number of hydrogen-bond donors (Lipinski definition) is 1. The monoisotopic (exact) mass is 340 g/mol. The molecule has 0 atom stereocenters. The number of nitrogens with one attached hydrogen (secondary N) is 1. The van der Waals surface area contributed by atoms with Gasteiger partial charge in [-0.25, -0.2) is 4.39 Å². The highest BCUT2D eigenvalue weighted by Gasteiger charge is 2.19. The van der Waals surface area contributed by atoms with Gasteiger partial charge in [0.15, 0.2) is 0 Å². The maximum atomic E-state index is 14.3. The van der Waals surface area contributed by atoms with E-state index in [-0.39, 0.29) is 17.2 Å². The van der Waals surface area contributed by atoms with Gasteiger partial charge in [-0.15, -0.1) is 11.3 Å². The van der Waals surface area contributed by atoms with Gasteiger partial charge >= 0.3 is 0 Å². The molecule has 0 spiro atoms. The van der Waals surface area contributed by atoms with Crippen molar-refractivity contribution in [2.75, 3.05) is 0 Å². The summed E-state index contributed by atoms with van der Waals surface area (Å²) in [6.45, 7) is 0. The molecule has 5 heteroatoms. The van der Waals surface area contributed by atoms with Crippen molar-refractivity contribution in [1.82, 2.24) is 5.32 Å². The third kappa shape index (κ3) is 3.72. The van der Waals surface area contributed by atoms with Crippen molar-refractivity contribution in [3.63, 3.8) is 0 Å². The van der Waals surface area contributed by atoms with Crippen molar-refractivity contribution in [3.05, 3.63) is 52.7 Å². The topological polar surface area (TPSA) is 52.9 Å². The van der Waals surface area contributed by atoms with Gasteiger partial charge in [-0.2, -0.15) is 5.26 Å². The van der Waals surface area contributed by atoms with Crippen LogP contribution >= 0.6 is 11.3 Å². The molecule has 0 aliphatic heterocycles. The molecule has 1 heterocycles. The second-order valence-corrected chi connectivity index (χ2v) is 6.79. The Labute approximate surface area is 144 Å². The first kappa shape index (κ1) is 16.4. The van der Waals surface area contributed by atoms with Crippen LogP contribution in [0.1, 0.15) is 31.2 Å². The number of nitriles is 1. The summed E-state index contributed by atoms with van der Waals surface area (Å²) >= 11 is 1.53. The molecular formula is C19H17FN2OS. The van der Waals surface area contributed by atoms with E-state index in [2.05, 4.69) is 5.32 Å². The molecule has 1 amide bonds. The van der Waals surface area contributed by atoms with Crippen LogP contribution in [-0.2, 0) is 4.79 Å². The van der Waals surface area contributed by atoms with Crippen LogP contribution in [0.5, 0.6) is 0 Å². The van der Waals surface area contributed by atoms with Crippen LogP contribution in [0.25, 0.3) is 16.5 Å². The molecule has 2 aromatic rings. The molecule has 1 fully saturated rings. The Bertz CT molecular complexity index is 799. The van der Waals surface area contributed by atoms with Crippen LogP contribution in [0.2, 0.25) is 0 Å². The fourth-order valence-electron chi connectivity index (χ4n) is 2.88. The summed E-state index contributed by atoms with van der Waals surface area (Å²) in [7, 11) is 0. The van der Waals surface area contributed by atoms with E-state index in [4.69, 9.17) is 0 Å². The van der Waals surface area contributed by atoms with E-state index in [1.54, 1.807) is 12.1 Å². The number of halogens is 1. The Kier molecular flexibility index (Phi) is 5.07. The van der Waals surface area contributed by atoms with Gasteiger partial charge in [0.05, 0.1) is 0 Å². The molecule has 0 radical (unpaired) electrons. The minimum atomic E-state index is -0.442. The van der Waals surface area contributed by atoms with Crippen molar-refractivity contribution >= 4 is 23.3 Å². The van der Waals surface area contributed by atoms with Crippen molar-refractivity contribution in [3.8, 4) is 16.5 Å². The van der Waals surface area contributed by atoms with E-state index in [1.807, 2.05) is 23.6 Å². The smallest absolute Gasteiger partial charge is 0.262 e. The molecule has 1 aliphatic carbocycles. The number of thiophene rings is 1. The summed E-state index contributed by atoms with van der Waals surface area (Å²) in [5.41, 5.74) is 0.965. The fourth-order valence-corrected chi connectivity index (χ4v) is 3.60. The second kappa shape index (κ2) is 7.41. The number of benzene rings is 1. The van der Waals surface area contributed by atoms with E-state index in [1.165, 1.54) is 23.5 Å². The molecule has 1 aliphatic rings. The molecule has 1 aromatic carbocycles. The highest BCUT2D eigenvalue weighted by molar-refractivity contribution is 7.13. The van der Waals surface area contributed by atoms with Crippen LogP contribution in [0, 0.1) is 17.1 Å². The molecule has 1 N–H and O–H groups in total. The fraction of sp³-hybridized carbons (Fsp3) is 0.263. The summed E-state index contributed by atoms with van der Waals surface area (Å²) in [5.74, 6) is -0.867. The molecule has 3 nitrogen and oxygen atoms in total. The highest BCUT2D eigenvalue weighted by atomic mass is 32.1. The Hall–Kier alpha value is -2.45. The lowest BCUT2D eigenvalue weighted by molar-refractivity contribution is -0.117. The van der Waals surface area contributed by atoms with Crippen molar-refractivity contribution in [2.24, 2.45) is 0 Å². The van der Waals surface area contributed by atoms with Gasteiger partial charge in [0.25, 0.3) is 5.91 Å². The quantitative estimate of drug-likeness (QED) is 0.657. The lowest BCUT2D eigenvalue weighted by Crippen LogP contribution is -2.33. The van der Waals surface area contributed by atoms with Crippen molar-refractivity contribution < 1.29 is 9.18 Å². The Balaban J connectivity index is 1.80. The van der Waals surface area contributed by atoms with Gasteiger partial charge in [0.1, 0.15) is 17.5 Å². The average molecular weight is 340 g/mol. The van der Waals surface area contributed by atoms with Gasteiger partial charge in [0, 0.05) is 16.5 Å². The van der Waals surface area contributed by atoms with Gasteiger partial charge in [-0.1, -0.05) is 31.0 Å². The first-order chi connectivity index (χ1) is 11.7. The van der Waals surface area contributed by atoms with E-state index in [0.29, 0.717) is 0 Å². The number of rotatable bonds is 4. The summed E-state index contributed by atoms with van der Waals surface area (Å²) < 4.78 is 14.3. The summed E-state index contributed by atoms with van der Waals surface area (Å²) in [6, 6.07) is 10.7. The zero-order valence-electron chi connectivity index (χ0n) is 13.1. The normalized spacial score (nSPS) is 15.2. The maximum Gasteiger partial charge on any atom is 0.262 e. The second-order valence-electron chi connectivity index (χ2n) is 5.84. The predicted octanol–water partition coefficient (Wildman–Crippen LogP) is 4.52. The van der Waals surface area contributed by atoms with E-state index < -0.39 is 11.7 Å². The van der Waals surface area contributed by atoms with Gasteiger partial charge < -0.3 is 5.32 Å². The Morgan fingerprint density at radius 3 is 2.75 bits per heavy atom. The van der Waals surface area contributed by atoms with Crippen LogP contribution in [-0.4, -0.2) is 11.9 Å². The molecular weight excluding hydrogens is 323 g/mol. The molecule has 0 bridgehead atoms. The average Bonchev–Trinajstić information content (AvgIpc) is 3.27. The van der Waals surface area contributed by atoms with Crippen molar-refractivity contribution in [2.45, 2.75) is 31.7 Å². The molecule has 1 saturated carbocycles. The number of nitrogens with zero attached hydrogens (tertiary/aromatic N) is 1. The third-order valence-electron chi connectivity index (χ3n) is 4.16. The van der Waals surface area contributed by atoms with Crippen molar-refractivity contribution in [1.29, 1.82) is 5.26 Å². The van der Waals surface area contributed by atoms with Crippen LogP contribution < -0.4 is 5.32 Å². The molecule has 1 aromatic heterocycles. The Morgan fingerprint density at radius 2 is 2.12 bits per heavy atom. The summed E-state index contributed by atoms with van der Waals surface area (Å²) in [6.07, 6.45) is 5.38. The minimum absolute atomic E-state index is 0.0651. The minimum Gasteiger partial charge on any atom is -0.349 e. The number of carbonyl (C=O) groups excluding carboxylic acids is 1. The number of carbonyl (C=O) groups is 1. The number of hydrogen-bond acceptors (Lipinski definition) is 3. The molecule has 24 heavy (non-hydrogen) atoms. The summed E-state index contributed by atoms with van der Waals surface area (Å²) in [5, 5.41) is 14.0. The van der Waals surface area contributed by atoms with Crippen LogP contribution in [0.3, 0.4) is 0 Å². The third-order valence-corrected chi connectivity index (χ3v) is 5.08. The largest absolute Gasteiger partial charge is 0.349 e. The maximum absolute atomic E-state index is 14.3. The molecule has 122 valence electrons. The molecule has 3 rings (SSSR count). The van der Waals surface area contributed by atoms with Gasteiger partial charge in [-0.3, -0.25) is 4.79 Å². The van der Waals surface area contributed by atoms with E-state index in [0.717, 1.165) is 36.1 Å². The first-order valence-corrected chi connectivity index (χ1v) is 8.81. The summed E-state index contributed by atoms with van der Waals surface area (Å²) in [4.78, 5) is 13.2. The predicted molar refractivity (Wildman–Crippen MR) is 93.7 cm³/mol. The van der Waals surface area contributed by atoms with E-state index in [9.17, 15) is 14.4 Å².